The zero-order valence-corrected chi connectivity index (χ0v) is 16.2. The Balaban J connectivity index is 2.30. The van der Waals surface area contributed by atoms with Gasteiger partial charge in [-0.15, -0.1) is 0 Å². The standard InChI is InChI=1S/C16H13Cl2N3O5S/c1-19-16(15(22)9-3-5-10(26-2)6-4-9)21-20-13-7-12(18)14(8-11(13)17)27(23,24)25/h3-8,16H,1H2,2H3,(H,23,24,25). The Labute approximate surface area is 165 Å². The maximum absolute atomic E-state index is 12.4. The summed E-state index contributed by atoms with van der Waals surface area (Å²) in [6.07, 6.45) is -1.24. The minimum Gasteiger partial charge on any atom is -0.497 e. The average Bonchev–Trinajstić information content (AvgIpc) is 2.63. The van der Waals surface area contributed by atoms with Crippen molar-refractivity contribution < 1.29 is 22.5 Å². The summed E-state index contributed by atoms with van der Waals surface area (Å²) in [6, 6.07) is 8.31. The number of benzene rings is 2. The number of carbonyl (C=O) groups is 1. The molecule has 0 heterocycles. The maximum Gasteiger partial charge on any atom is 0.296 e. The first-order chi connectivity index (χ1) is 12.7. The van der Waals surface area contributed by atoms with Gasteiger partial charge in [0.1, 0.15) is 16.3 Å². The van der Waals surface area contributed by atoms with E-state index in [1.807, 2.05) is 0 Å². The summed E-state index contributed by atoms with van der Waals surface area (Å²) in [6.45, 7) is 3.32. The van der Waals surface area contributed by atoms with E-state index in [9.17, 15) is 13.2 Å². The highest BCUT2D eigenvalue weighted by Gasteiger charge is 2.20. The third-order valence-corrected chi connectivity index (χ3v) is 4.96. The fourth-order valence-electron chi connectivity index (χ4n) is 1.99. The number of nitrogens with zero attached hydrogens (tertiary/aromatic N) is 3. The molecule has 11 heteroatoms. The summed E-state index contributed by atoms with van der Waals surface area (Å²) >= 11 is 11.7. The van der Waals surface area contributed by atoms with Crippen molar-refractivity contribution in [1.29, 1.82) is 0 Å². The van der Waals surface area contributed by atoms with Crippen LogP contribution in [0.2, 0.25) is 10.0 Å². The molecule has 0 aliphatic rings. The van der Waals surface area contributed by atoms with Crippen LogP contribution in [0, 0.1) is 0 Å². The van der Waals surface area contributed by atoms with Gasteiger partial charge < -0.3 is 4.74 Å². The highest BCUT2D eigenvalue weighted by atomic mass is 35.5. The molecule has 0 aromatic heterocycles. The lowest BCUT2D eigenvalue weighted by atomic mass is 10.1. The molecule has 0 fully saturated rings. The molecule has 2 rings (SSSR count). The number of azo groups is 1. The van der Waals surface area contributed by atoms with Crippen LogP contribution in [-0.2, 0) is 10.1 Å². The van der Waals surface area contributed by atoms with E-state index in [2.05, 4.69) is 21.9 Å². The Morgan fingerprint density at radius 3 is 2.33 bits per heavy atom. The van der Waals surface area contributed by atoms with Crippen molar-refractivity contribution in [3.05, 3.63) is 52.0 Å². The van der Waals surface area contributed by atoms with Gasteiger partial charge in [0, 0.05) is 5.56 Å². The van der Waals surface area contributed by atoms with Crippen LogP contribution in [0.4, 0.5) is 5.69 Å². The van der Waals surface area contributed by atoms with Crippen LogP contribution in [0.1, 0.15) is 10.4 Å². The van der Waals surface area contributed by atoms with Gasteiger partial charge in [0.15, 0.2) is 0 Å². The second-order valence-corrected chi connectivity index (χ2v) is 7.28. The molecule has 0 saturated carbocycles. The summed E-state index contributed by atoms with van der Waals surface area (Å²) in [5, 5.41) is 7.13. The van der Waals surface area contributed by atoms with Crippen molar-refractivity contribution in [1.82, 2.24) is 0 Å². The van der Waals surface area contributed by atoms with Gasteiger partial charge in [-0.25, -0.2) is 0 Å². The third-order valence-electron chi connectivity index (χ3n) is 3.34. The van der Waals surface area contributed by atoms with E-state index >= 15 is 0 Å². The van der Waals surface area contributed by atoms with Crippen molar-refractivity contribution in [2.24, 2.45) is 15.2 Å². The smallest absolute Gasteiger partial charge is 0.296 e. The van der Waals surface area contributed by atoms with Crippen molar-refractivity contribution in [2.45, 2.75) is 11.1 Å². The number of Topliss-reactive ketones (excluding diaryl/α,β-unsaturated/α-hetero) is 1. The van der Waals surface area contributed by atoms with Gasteiger partial charge in [-0.2, -0.15) is 18.6 Å². The number of ketones is 1. The van der Waals surface area contributed by atoms with Gasteiger partial charge >= 0.3 is 0 Å². The molecule has 142 valence electrons. The summed E-state index contributed by atoms with van der Waals surface area (Å²) in [4.78, 5) is 15.5. The quantitative estimate of drug-likeness (QED) is 0.305. The molecule has 0 saturated heterocycles. The largest absolute Gasteiger partial charge is 0.497 e. The lowest BCUT2D eigenvalue weighted by Crippen LogP contribution is -2.15. The predicted molar refractivity (Wildman–Crippen MR) is 101 cm³/mol. The van der Waals surface area contributed by atoms with Gasteiger partial charge in [0.2, 0.25) is 11.9 Å². The zero-order chi connectivity index (χ0) is 20.2. The highest BCUT2D eigenvalue weighted by molar-refractivity contribution is 7.86. The minimum absolute atomic E-state index is 0.00903. The summed E-state index contributed by atoms with van der Waals surface area (Å²) in [5.41, 5.74) is 0.309. The third kappa shape index (κ3) is 5.10. The average molecular weight is 430 g/mol. The number of ether oxygens (including phenoxy) is 1. The summed E-state index contributed by atoms with van der Waals surface area (Å²) in [5.74, 6) is 0.116. The predicted octanol–water partition coefficient (Wildman–Crippen LogP) is 4.24. The van der Waals surface area contributed by atoms with Crippen LogP contribution in [0.3, 0.4) is 0 Å². The van der Waals surface area contributed by atoms with Crippen LogP contribution in [0.25, 0.3) is 0 Å². The molecule has 1 unspecified atom stereocenters. The molecular weight excluding hydrogens is 417 g/mol. The van der Waals surface area contributed by atoms with E-state index in [4.69, 9.17) is 32.5 Å². The van der Waals surface area contributed by atoms with Crippen molar-refractivity contribution in [2.75, 3.05) is 7.11 Å². The van der Waals surface area contributed by atoms with Crippen LogP contribution in [-0.4, -0.2) is 38.7 Å². The number of hydrogen-bond acceptors (Lipinski definition) is 7. The van der Waals surface area contributed by atoms with Crippen LogP contribution >= 0.6 is 23.2 Å². The molecule has 0 spiro atoms. The first kappa shape index (κ1) is 21.0. The fraction of sp³-hybridized carbons (Fsp3) is 0.125. The second-order valence-electron chi connectivity index (χ2n) is 5.07. The Kier molecular flexibility index (Phi) is 6.66. The first-order valence-electron chi connectivity index (χ1n) is 7.19. The zero-order valence-electron chi connectivity index (χ0n) is 13.8. The minimum atomic E-state index is -4.55. The van der Waals surface area contributed by atoms with Gasteiger partial charge in [0.05, 0.1) is 17.2 Å². The van der Waals surface area contributed by atoms with Crippen molar-refractivity contribution >= 4 is 51.5 Å². The number of carbonyl (C=O) groups excluding carboxylic acids is 1. The Morgan fingerprint density at radius 2 is 1.81 bits per heavy atom. The molecule has 2 aromatic carbocycles. The van der Waals surface area contributed by atoms with Crippen LogP contribution < -0.4 is 4.74 Å². The number of aliphatic imine (C=N–C) groups is 1. The van der Waals surface area contributed by atoms with E-state index in [0.717, 1.165) is 12.1 Å². The molecule has 0 aliphatic heterocycles. The summed E-state index contributed by atoms with van der Waals surface area (Å²) in [7, 11) is -3.04. The van der Waals surface area contributed by atoms with Gasteiger partial charge in [-0.1, -0.05) is 23.2 Å². The number of rotatable bonds is 7. The van der Waals surface area contributed by atoms with Gasteiger partial charge in [0.25, 0.3) is 10.1 Å². The van der Waals surface area contributed by atoms with Gasteiger partial charge in [-0.3, -0.25) is 14.3 Å². The number of hydrogen-bond donors (Lipinski definition) is 1. The highest BCUT2D eigenvalue weighted by Crippen LogP contribution is 2.34. The van der Waals surface area contributed by atoms with E-state index in [0.29, 0.717) is 11.3 Å². The molecule has 0 amide bonds. The maximum atomic E-state index is 12.4. The Hall–Kier alpha value is -2.33. The molecule has 0 bridgehead atoms. The molecule has 1 atom stereocenters. The van der Waals surface area contributed by atoms with E-state index in [1.165, 1.54) is 7.11 Å². The van der Waals surface area contributed by atoms with E-state index < -0.39 is 27.0 Å². The Morgan fingerprint density at radius 1 is 1.19 bits per heavy atom. The monoisotopic (exact) mass is 429 g/mol. The molecule has 8 nitrogen and oxygen atoms in total. The Bertz CT molecular complexity index is 1010. The summed E-state index contributed by atoms with van der Waals surface area (Å²) < 4.78 is 36.5. The number of methoxy groups -OCH3 is 1. The van der Waals surface area contributed by atoms with Crippen molar-refractivity contribution in [3.8, 4) is 5.75 Å². The topological polar surface area (TPSA) is 118 Å². The lowest BCUT2D eigenvalue weighted by Gasteiger charge is -2.07. The lowest BCUT2D eigenvalue weighted by molar-refractivity contribution is 0.0963. The second kappa shape index (κ2) is 8.57. The molecule has 1 N–H and O–H groups in total. The normalized spacial score (nSPS) is 12.7. The molecular formula is C16H13Cl2N3O5S. The fourth-order valence-corrected chi connectivity index (χ4v) is 3.27. The molecule has 2 aromatic rings. The van der Waals surface area contributed by atoms with Crippen LogP contribution in [0.5, 0.6) is 5.75 Å². The van der Waals surface area contributed by atoms with Crippen molar-refractivity contribution in [3.63, 3.8) is 0 Å². The van der Waals surface area contributed by atoms with Gasteiger partial charge in [-0.05, 0) is 43.1 Å². The first-order valence-corrected chi connectivity index (χ1v) is 9.38. The number of halogens is 2. The molecule has 27 heavy (non-hydrogen) atoms. The SMILES string of the molecule is C=NC(N=Nc1cc(Cl)c(S(=O)(=O)O)cc1Cl)C(=O)c1ccc(OC)cc1. The molecule has 0 aliphatic carbocycles. The van der Waals surface area contributed by atoms with E-state index in [1.54, 1.807) is 24.3 Å². The molecule has 0 radical (unpaired) electrons. The van der Waals surface area contributed by atoms with Crippen LogP contribution in [0.15, 0.2) is 56.5 Å². The van der Waals surface area contributed by atoms with E-state index in [-0.39, 0.29) is 15.7 Å².